The number of carbonyl (C=O) groups is 1. The van der Waals surface area contributed by atoms with Crippen LogP contribution in [0, 0.1) is 6.92 Å². The number of nitrogens with zero attached hydrogens (tertiary/aromatic N) is 1. The predicted molar refractivity (Wildman–Crippen MR) is 55.7 cm³/mol. The van der Waals surface area contributed by atoms with E-state index in [-0.39, 0.29) is 11.3 Å². The van der Waals surface area contributed by atoms with Crippen molar-refractivity contribution in [3.63, 3.8) is 0 Å². The van der Waals surface area contributed by atoms with Crippen LogP contribution in [-0.2, 0) is 0 Å². The number of carbonyl (C=O) groups excluding carboxylic acids is 1. The van der Waals surface area contributed by atoms with Gasteiger partial charge in [0.2, 0.25) is 0 Å². The van der Waals surface area contributed by atoms with Crippen molar-refractivity contribution in [3.05, 3.63) is 23.7 Å². The summed E-state index contributed by atoms with van der Waals surface area (Å²) >= 11 is 5.79. The summed E-state index contributed by atoms with van der Waals surface area (Å²) in [7, 11) is 1.71. The summed E-state index contributed by atoms with van der Waals surface area (Å²) < 4.78 is 5.09. The molecule has 1 amide bonds. The summed E-state index contributed by atoms with van der Waals surface area (Å²) in [6.45, 7) is 4.20. The molecule has 4 heteroatoms. The fourth-order valence-electron chi connectivity index (χ4n) is 1.23. The second-order valence-electron chi connectivity index (χ2n) is 3.40. The lowest BCUT2D eigenvalue weighted by molar-refractivity contribution is 0.0763. The lowest BCUT2D eigenvalue weighted by atomic mass is 10.2. The number of amides is 1. The average molecular weight is 216 g/mol. The van der Waals surface area contributed by atoms with Crippen LogP contribution in [0.3, 0.4) is 0 Å². The highest BCUT2D eigenvalue weighted by atomic mass is 35.5. The lowest BCUT2D eigenvalue weighted by Crippen LogP contribution is -2.31. The topological polar surface area (TPSA) is 33.5 Å². The lowest BCUT2D eigenvalue weighted by Gasteiger charge is -2.17. The number of aryl methyl sites for hydroxylation is 1. The molecule has 0 aliphatic carbocycles. The van der Waals surface area contributed by atoms with Gasteiger partial charge < -0.3 is 9.32 Å². The van der Waals surface area contributed by atoms with E-state index >= 15 is 0 Å². The van der Waals surface area contributed by atoms with Crippen molar-refractivity contribution in [1.82, 2.24) is 4.90 Å². The average Bonchev–Trinajstić information content (AvgIpc) is 2.48. The van der Waals surface area contributed by atoms with Gasteiger partial charge in [-0.2, -0.15) is 0 Å². The molecule has 0 fully saturated rings. The molecule has 0 bridgehead atoms. The Labute approximate surface area is 88.6 Å². The third-order valence-corrected chi connectivity index (χ3v) is 2.07. The summed E-state index contributed by atoms with van der Waals surface area (Å²) in [4.78, 5) is 13.3. The van der Waals surface area contributed by atoms with E-state index in [0.29, 0.717) is 12.3 Å². The Hall–Kier alpha value is -0.960. The number of halogens is 1. The highest BCUT2D eigenvalue weighted by Gasteiger charge is 2.18. The molecular weight excluding hydrogens is 202 g/mol. The number of hydrogen-bond acceptors (Lipinski definition) is 2. The monoisotopic (exact) mass is 215 g/mol. The second kappa shape index (κ2) is 4.51. The third-order valence-electron chi connectivity index (χ3n) is 1.93. The van der Waals surface area contributed by atoms with Gasteiger partial charge >= 0.3 is 0 Å². The van der Waals surface area contributed by atoms with E-state index in [9.17, 15) is 4.79 Å². The van der Waals surface area contributed by atoms with E-state index in [1.807, 2.05) is 13.8 Å². The summed E-state index contributed by atoms with van der Waals surface area (Å²) in [6.07, 6.45) is 1.51. The SMILES string of the molecule is Cc1ccoc1C(=O)N(C)CC(C)Cl. The maximum atomic E-state index is 11.7. The van der Waals surface area contributed by atoms with Crippen LogP contribution >= 0.6 is 11.6 Å². The minimum absolute atomic E-state index is 0.0563. The number of hydrogen-bond donors (Lipinski definition) is 0. The van der Waals surface area contributed by atoms with Crippen LogP contribution < -0.4 is 0 Å². The zero-order valence-electron chi connectivity index (χ0n) is 8.58. The summed E-state index contributed by atoms with van der Waals surface area (Å²) in [6, 6.07) is 1.77. The molecule has 3 nitrogen and oxygen atoms in total. The predicted octanol–water partition coefficient (Wildman–Crippen LogP) is 2.29. The smallest absolute Gasteiger partial charge is 0.289 e. The first-order valence-electron chi connectivity index (χ1n) is 4.46. The zero-order chi connectivity index (χ0) is 10.7. The molecule has 0 aliphatic heterocycles. The molecule has 0 radical (unpaired) electrons. The van der Waals surface area contributed by atoms with E-state index in [4.69, 9.17) is 16.0 Å². The fraction of sp³-hybridized carbons (Fsp3) is 0.500. The van der Waals surface area contributed by atoms with E-state index in [0.717, 1.165) is 5.56 Å². The van der Waals surface area contributed by atoms with Crippen molar-refractivity contribution in [2.75, 3.05) is 13.6 Å². The van der Waals surface area contributed by atoms with Crippen LogP contribution in [-0.4, -0.2) is 29.8 Å². The van der Waals surface area contributed by atoms with Crippen LogP contribution in [0.2, 0.25) is 0 Å². The fourth-order valence-corrected chi connectivity index (χ4v) is 1.43. The van der Waals surface area contributed by atoms with Crippen molar-refractivity contribution in [2.24, 2.45) is 0 Å². The number of rotatable bonds is 3. The molecular formula is C10H14ClNO2. The molecule has 1 rings (SSSR count). The van der Waals surface area contributed by atoms with Gasteiger partial charge in [0.05, 0.1) is 6.26 Å². The van der Waals surface area contributed by atoms with Gasteiger partial charge in [-0.1, -0.05) is 0 Å². The maximum Gasteiger partial charge on any atom is 0.289 e. The Morgan fingerprint density at radius 1 is 1.71 bits per heavy atom. The molecule has 0 N–H and O–H groups in total. The van der Waals surface area contributed by atoms with Gasteiger partial charge in [-0.25, -0.2) is 0 Å². The van der Waals surface area contributed by atoms with Gasteiger partial charge in [-0.15, -0.1) is 11.6 Å². The molecule has 78 valence electrons. The molecule has 0 aliphatic rings. The van der Waals surface area contributed by atoms with Crippen molar-refractivity contribution in [3.8, 4) is 0 Å². The molecule has 1 aromatic rings. The zero-order valence-corrected chi connectivity index (χ0v) is 9.34. The Morgan fingerprint density at radius 3 is 2.79 bits per heavy atom. The van der Waals surface area contributed by atoms with E-state index in [2.05, 4.69) is 0 Å². The normalized spacial score (nSPS) is 12.6. The first kappa shape index (κ1) is 11.1. The highest BCUT2D eigenvalue weighted by Crippen LogP contribution is 2.11. The van der Waals surface area contributed by atoms with Crippen LogP contribution in [0.1, 0.15) is 23.0 Å². The van der Waals surface area contributed by atoms with Crippen molar-refractivity contribution < 1.29 is 9.21 Å². The third kappa shape index (κ3) is 2.51. The molecule has 0 spiro atoms. The quantitative estimate of drug-likeness (QED) is 0.725. The molecule has 0 saturated carbocycles. The van der Waals surface area contributed by atoms with Crippen LogP contribution in [0.4, 0.5) is 0 Å². The Morgan fingerprint density at radius 2 is 2.36 bits per heavy atom. The summed E-state index contributed by atoms with van der Waals surface area (Å²) in [5.74, 6) is 0.268. The van der Waals surface area contributed by atoms with E-state index in [1.54, 1.807) is 18.0 Å². The first-order valence-corrected chi connectivity index (χ1v) is 4.89. The highest BCUT2D eigenvalue weighted by molar-refractivity contribution is 6.20. The molecule has 1 atom stereocenters. The molecule has 1 aromatic heterocycles. The summed E-state index contributed by atoms with van der Waals surface area (Å²) in [5, 5.41) is -0.0563. The molecule has 1 heterocycles. The number of alkyl halides is 1. The molecule has 14 heavy (non-hydrogen) atoms. The van der Waals surface area contributed by atoms with Gasteiger partial charge in [0.15, 0.2) is 5.76 Å². The van der Waals surface area contributed by atoms with E-state index in [1.165, 1.54) is 6.26 Å². The molecule has 0 saturated heterocycles. The second-order valence-corrected chi connectivity index (χ2v) is 4.14. The maximum absolute atomic E-state index is 11.7. The van der Waals surface area contributed by atoms with Crippen LogP contribution in [0.5, 0.6) is 0 Å². The minimum atomic E-state index is -0.125. The van der Waals surface area contributed by atoms with E-state index < -0.39 is 0 Å². The largest absolute Gasteiger partial charge is 0.459 e. The summed E-state index contributed by atoms with van der Waals surface area (Å²) in [5.41, 5.74) is 0.851. The Bertz CT molecular complexity index is 320. The van der Waals surface area contributed by atoms with Gasteiger partial charge in [-0.3, -0.25) is 4.79 Å². The van der Waals surface area contributed by atoms with Crippen LogP contribution in [0.15, 0.2) is 16.7 Å². The van der Waals surface area contributed by atoms with Crippen LogP contribution in [0.25, 0.3) is 0 Å². The first-order chi connectivity index (χ1) is 6.52. The standard InChI is InChI=1S/C10H14ClNO2/c1-7-4-5-14-9(7)10(13)12(3)6-8(2)11/h4-5,8H,6H2,1-3H3. The van der Waals surface area contributed by atoms with Gasteiger partial charge in [-0.05, 0) is 19.9 Å². The minimum Gasteiger partial charge on any atom is -0.459 e. The molecule has 0 aromatic carbocycles. The molecule has 1 unspecified atom stereocenters. The van der Waals surface area contributed by atoms with Crippen molar-refractivity contribution >= 4 is 17.5 Å². The van der Waals surface area contributed by atoms with Gasteiger partial charge in [0, 0.05) is 24.5 Å². The number of furan rings is 1. The van der Waals surface area contributed by atoms with Gasteiger partial charge in [0.1, 0.15) is 0 Å². The van der Waals surface area contributed by atoms with Gasteiger partial charge in [0.25, 0.3) is 5.91 Å². The van der Waals surface area contributed by atoms with Crippen molar-refractivity contribution in [1.29, 1.82) is 0 Å². The Kier molecular flexibility index (Phi) is 3.58. The Balaban J connectivity index is 2.71. The van der Waals surface area contributed by atoms with Crippen molar-refractivity contribution in [2.45, 2.75) is 19.2 Å².